The number of alkyl halides is 3. The fourth-order valence-electron chi connectivity index (χ4n) is 1.43. The Labute approximate surface area is 119 Å². The molecular formula is C10H3ClF5NO3S. The summed E-state index contributed by atoms with van der Waals surface area (Å²) in [7, 11) is -6.11. The van der Waals surface area contributed by atoms with Crippen LogP contribution in [0, 0.1) is 11.6 Å². The van der Waals surface area contributed by atoms with Crippen LogP contribution in [0.4, 0.5) is 22.0 Å². The minimum absolute atomic E-state index is 0.180. The predicted octanol–water partition coefficient (Wildman–Crippen LogP) is 3.39. The van der Waals surface area contributed by atoms with E-state index in [1.54, 1.807) is 0 Å². The molecular weight excluding hydrogens is 345 g/mol. The molecule has 0 amide bonds. The molecule has 1 heterocycles. The molecule has 2 aromatic rings. The van der Waals surface area contributed by atoms with Crippen molar-refractivity contribution < 1.29 is 34.6 Å². The normalized spacial score (nSPS) is 12.7. The van der Waals surface area contributed by atoms with E-state index in [4.69, 9.17) is 11.6 Å². The molecule has 0 aliphatic heterocycles. The van der Waals surface area contributed by atoms with E-state index in [9.17, 15) is 30.4 Å². The molecule has 0 aliphatic carbocycles. The van der Waals surface area contributed by atoms with Gasteiger partial charge in [-0.15, -0.1) is 0 Å². The third-order valence-electron chi connectivity index (χ3n) is 2.32. The molecule has 0 fully saturated rings. The topological polar surface area (TPSA) is 56.3 Å². The number of rotatable bonds is 2. The first-order valence-corrected chi connectivity index (χ1v) is 6.75. The number of halogens is 6. The van der Waals surface area contributed by atoms with E-state index >= 15 is 0 Å². The summed E-state index contributed by atoms with van der Waals surface area (Å²) in [6, 6.07) is 1.07. The fraction of sp³-hybridized carbons (Fsp3) is 0.100. The lowest BCUT2D eigenvalue weighted by Gasteiger charge is -2.12. The van der Waals surface area contributed by atoms with Gasteiger partial charge in [0.05, 0.1) is 5.39 Å². The first kappa shape index (κ1) is 15.7. The molecule has 0 radical (unpaired) electrons. The highest BCUT2D eigenvalue weighted by Gasteiger charge is 2.49. The van der Waals surface area contributed by atoms with Crippen LogP contribution in [-0.2, 0) is 10.1 Å². The molecule has 0 aliphatic rings. The van der Waals surface area contributed by atoms with Gasteiger partial charge in [-0.25, -0.2) is 13.8 Å². The average molecular weight is 348 g/mol. The van der Waals surface area contributed by atoms with Gasteiger partial charge < -0.3 is 4.18 Å². The molecule has 4 nitrogen and oxygen atoms in total. The van der Waals surface area contributed by atoms with Crippen molar-refractivity contribution in [1.29, 1.82) is 0 Å². The summed E-state index contributed by atoms with van der Waals surface area (Å²) >= 11 is 5.48. The summed E-state index contributed by atoms with van der Waals surface area (Å²) in [4.78, 5) is 3.42. The zero-order chi connectivity index (χ0) is 16.0. The van der Waals surface area contributed by atoms with Crippen molar-refractivity contribution in [2.24, 2.45) is 0 Å². The van der Waals surface area contributed by atoms with Crippen molar-refractivity contribution in [2.75, 3.05) is 0 Å². The Bertz CT molecular complexity index is 822. The molecule has 0 bridgehead atoms. The van der Waals surface area contributed by atoms with E-state index in [0.29, 0.717) is 6.20 Å². The van der Waals surface area contributed by atoms with Crippen LogP contribution >= 0.6 is 11.6 Å². The number of aromatic nitrogens is 1. The third-order valence-corrected chi connectivity index (χ3v) is 3.48. The Morgan fingerprint density at radius 3 is 2.29 bits per heavy atom. The highest BCUT2D eigenvalue weighted by atomic mass is 35.5. The van der Waals surface area contributed by atoms with E-state index in [2.05, 4.69) is 9.17 Å². The van der Waals surface area contributed by atoms with E-state index in [-0.39, 0.29) is 11.2 Å². The monoisotopic (exact) mass is 347 g/mol. The smallest absolute Gasteiger partial charge is 0.372 e. The second-order valence-corrected chi connectivity index (χ2v) is 5.63. The number of fused-ring (bicyclic) bond motifs is 1. The van der Waals surface area contributed by atoms with E-state index in [0.717, 1.165) is 6.07 Å². The van der Waals surface area contributed by atoms with Crippen LogP contribution in [-0.4, -0.2) is 18.9 Å². The SMILES string of the molecule is O=S(=O)(Oc1c(F)cc(F)c2cc(Cl)ncc12)C(F)(F)F. The van der Waals surface area contributed by atoms with Gasteiger partial charge in [0.25, 0.3) is 0 Å². The highest BCUT2D eigenvalue weighted by molar-refractivity contribution is 7.88. The maximum absolute atomic E-state index is 13.5. The lowest BCUT2D eigenvalue weighted by molar-refractivity contribution is -0.0500. The molecule has 114 valence electrons. The molecule has 0 saturated carbocycles. The fourth-order valence-corrected chi connectivity index (χ4v) is 2.07. The molecule has 2 rings (SSSR count). The van der Waals surface area contributed by atoms with Crippen LogP contribution in [0.3, 0.4) is 0 Å². The zero-order valence-corrected chi connectivity index (χ0v) is 11.2. The Morgan fingerprint density at radius 2 is 1.71 bits per heavy atom. The Kier molecular flexibility index (Phi) is 3.70. The largest absolute Gasteiger partial charge is 0.534 e. The predicted molar refractivity (Wildman–Crippen MR) is 62.3 cm³/mol. The molecule has 0 N–H and O–H groups in total. The molecule has 0 spiro atoms. The Balaban J connectivity index is 2.71. The van der Waals surface area contributed by atoms with Crippen LogP contribution in [0.15, 0.2) is 18.3 Å². The van der Waals surface area contributed by atoms with Crippen LogP contribution < -0.4 is 4.18 Å². The second-order valence-electron chi connectivity index (χ2n) is 3.71. The van der Waals surface area contributed by atoms with Gasteiger partial charge in [0.2, 0.25) is 0 Å². The third kappa shape index (κ3) is 2.86. The van der Waals surface area contributed by atoms with Gasteiger partial charge >= 0.3 is 15.6 Å². The van der Waals surface area contributed by atoms with E-state index < -0.39 is 43.8 Å². The quantitative estimate of drug-likeness (QED) is 0.362. The number of hydrogen-bond donors (Lipinski definition) is 0. The number of nitrogens with zero attached hydrogens (tertiary/aromatic N) is 1. The zero-order valence-electron chi connectivity index (χ0n) is 9.58. The standard InChI is InChI=1S/C10H3ClF5NO3S/c11-8-1-4-5(3-17-8)9(7(13)2-6(4)12)20-21(18,19)10(14,15)16/h1-3H. The summed E-state index contributed by atoms with van der Waals surface area (Å²) in [5, 5.41) is -1.27. The van der Waals surface area contributed by atoms with Crippen molar-refractivity contribution in [3.05, 3.63) is 35.1 Å². The Hall–Kier alpha value is -1.68. The van der Waals surface area contributed by atoms with Crippen molar-refractivity contribution in [3.63, 3.8) is 0 Å². The van der Waals surface area contributed by atoms with Gasteiger partial charge in [0.15, 0.2) is 11.6 Å². The number of pyridine rings is 1. The van der Waals surface area contributed by atoms with Gasteiger partial charge in [0, 0.05) is 17.6 Å². The van der Waals surface area contributed by atoms with Crippen molar-refractivity contribution in [1.82, 2.24) is 4.98 Å². The van der Waals surface area contributed by atoms with Crippen molar-refractivity contribution in [3.8, 4) is 5.75 Å². The summed E-state index contributed by atoms with van der Waals surface area (Å²) < 4.78 is 89.4. The molecule has 0 unspecified atom stereocenters. The van der Waals surface area contributed by atoms with Crippen molar-refractivity contribution in [2.45, 2.75) is 5.51 Å². The molecule has 1 aromatic heterocycles. The summed E-state index contributed by atoms with van der Waals surface area (Å²) in [6.45, 7) is 0. The highest BCUT2D eigenvalue weighted by Crippen LogP contribution is 2.35. The first-order chi connectivity index (χ1) is 9.53. The maximum atomic E-state index is 13.5. The molecule has 1 aromatic carbocycles. The second kappa shape index (κ2) is 4.95. The van der Waals surface area contributed by atoms with E-state index in [1.165, 1.54) is 0 Å². The molecule has 0 saturated heterocycles. The molecule has 11 heteroatoms. The molecule has 0 atom stereocenters. The van der Waals surface area contributed by atoms with Gasteiger partial charge in [-0.3, -0.25) is 0 Å². The Morgan fingerprint density at radius 1 is 1.10 bits per heavy atom. The molecule has 21 heavy (non-hydrogen) atoms. The van der Waals surface area contributed by atoms with Crippen LogP contribution in [0.25, 0.3) is 10.8 Å². The van der Waals surface area contributed by atoms with Crippen LogP contribution in [0.1, 0.15) is 0 Å². The van der Waals surface area contributed by atoms with Gasteiger partial charge in [-0.1, -0.05) is 11.6 Å². The summed E-state index contributed by atoms with van der Waals surface area (Å²) in [6.07, 6.45) is 0.699. The lowest BCUT2D eigenvalue weighted by Crippen LogP contribution is -2.28. The number of benzene rings is 1. The lowest BCUT2D eigenvalue weighted by atomic mass is 10.1. The minimum atomic E-state index is -6.11. The minimum Gasteiger partial charge on any atom is -0.372 e. The van der Waals surface area contributed by atoms with Gasteiger partial charge in [0.1, 0.15) is 11.0 Å². The number of hydrogen-bond acceptors (Lipinski definition) is 4. The van der Waals surface area contributed by atoms with Crippen molar-refractivity contribution >= 4 is 32.5 Å². The van der Waals surface area contributed by atoms with Gasteiger partial charge in [-0.05, 0) is 6.07 Å². The van der Waals surface area contributed by atoms with Crippen LogP contribution in [0.5, 0.6) is 5.75 Å². The van der Waals surface area contributed by atoms with Gasteiger partial charge in [-0.2, -0.15) is 21.6 Å². The summed E-state index contributed by atoms with van der Waals surface area (Å²) in [5.74, 6) is -4.10. The maximum Gasteiger partial charge on any atom is 0.534 e. The average Bonchev–Trinajstić information content (AvgIpc) is 2.33. The first-order valence-electron chi connectivity index (χ1n) is 4.97. The summed E-state index contributed by atoms with van der Waals surface area (Å²) in [5.41, 5.74) is -5.76. The van der Waals surface area contributed by atoms with E-state index in [1.807, 2.05) is 0 Å². The van der Waals surface area contributed by atoms with Crippen LogP contribution in [0.2, 0.25) is 5.15 Å².